The molecular formula is C15H24N4O. The lowest BCUT2D eigenvalue weighted by Crippen LogP contribution is -2.45. The number of rotatable bonds is 5. The topological polar surface area (TPSA) is 65.6 Å². The summed E-state index contributed by atoms with van der Waals surface area (Å²) in [6, 6.07) is 5.90. The summed E-state index contributed by atoms with van der Waals surface area (Å²) in [5.74, 6) is 0.729. The van der Waals surface area contributed by atoms with Gasteiger partial charge in [-0.05, 0) is 24.2 Å². The highest BCUT2D eigenvalue weighted by Gasteiger charge is 2.16. The molecule has 1 aliphatic rings. The van der Waals surface area contributed by atoms with E-state index in [1.807, 2.05) is 18.2 Å². The molecule has 0 aromatic heterocycles. The molecule has 1 aliphatic heterocycles. The predicted molar refractivity (Wildman–Crippen MR) is 81.4 cm³/mol. The number of nitrogen functional groups attached to an aromatic ring is 1. The average Bonchev–Trinajstić information content (AvgIpc) is 2.47. The van der Waals surface area contributed by atoms with E-state index in [0.717, 1.165) is 39.3 Å². The van der Waals surface area contributed by atoms with Crippen molar-refractivity contribution >= 4 is 5.84 Å². The first-order chi connectivity index (χ1) is 9.63. The second kappa shape index (κ2) is 6.72. The molecule has 2 rings (SSSR count). The average molecular weight is 276 g/mol. The molecule has 1 aromatic rings. The van der Waals surface area contributed by atoms with Gasteiger partial charge in [0.05, 0.1) is 12.7 Å². The van der Waals surface area contributed by atoms with Crippen LogP contribution in [0, 0.1) is 5.41 Å². The van der Waals surface area contributed by atoms with Crippen LogP contribution in [0.3, 0.4) is 0 Å². The molecule has 0 amide bonds. The largest absolute Gasteiger partial charge is 0.496 e. The Hall–Kier alpha value is -1.59. The summed E-state index contributed by atoms with van der Waals surface area (Å²) in [7, 11) is 1.62. The summed E-state index contributed by atoms with van der Waals surface area (Å²) < 4.78 is 5.32. The SMILES string of the molecule is CCN1CCN(Cc2ccc(C(=N)N)c(OC)c2)CC1. The zero-order valence-corrected chi connectivity index (χ0v) is 12.4. The van der Waals surface area contributed by atoms with Crippen LogP contribution in [0.5, 0.6) is 5.75 Å². The summed E-state index contributed by atoms with van der Waals surface area (Å²) in [6.45, 7) is 8.75. The van der Waals surface area contributed by atoms with E-state index >= 15 is 0 Å². The van der Waals surface area contributed by atoms with Crippen LogP contribution < -0.4 is 10.5 Å². The smallest absolute Gasteiger partial charge is 0.130 e. The van der Waals surface area contributed by atoms with E-state index in [1.165, 1.54) is 5.56 Å². The number of hydrogen-bond donors (Lipinski definition) is 2. The lowest BCUT2D eigenvalue weighted by molar-refractivity contribution is 0.132. The molecule has 5 heteroatoms. The summed E-state index contributed by atoms with van der Waals surface area (Å²) in [4.78, 5) is 4.92. The quantitative estimate of drug-likeness (QED) is 0.625. The van der Waals surface area contributed by atoms with Crippen LogP contribution in [-0.4, -0.2) is 55.5 Å². The maximum absolute atomic E-state index is 7.53. The minimum Gasteiger partial charge on any atom is -0.496 e. The molecular weight excluding hydrogens is 252 g/mol. The second-order valence-electron chi connectivity index (χ2n) is 5.16. The fourth-order valence-electron chi connectivity index (χ4n) is 2.58. The van der Waals surface area contributed by atoms with Gasteiger partial charge in [-0.2, -0.15) is 0 Å². The summed E-state index contributed by atoms with van der Waals surface area (Å²) in [5, 5.41) is 7.53. The first-order valence-corrected chi connectivity index (χ1v) is 7.10. The minimum absolute atomic E-state index is 0.0463. The van der Waals surface area contributed by atoms with Gasteiger partial charge < -0.3 is 15.4 Å². The third-order valence-electron chi connectivity index (χ3n) is 3.87. The number of likely N-dealkylation sites (N-methyl/N-ethyl adjacent to an activating group) is 1. The van der Waals surface area contributed by atoms with Gasteiger partial charge in [0.2, 0.25) is 0 Å². The van der Waals surface area contributed by atoms with Crippen molar-refractivity contribution in [3.05, 3.63) is 29.3 Å². The molecule has 0 radical (unpaired) electrons. The number of nitrogens with one attached hydrogen (secondary N) is 1. The lowest BCUT2D eigenvalue weighted by Gasteiger charge is -2.34. The van der Waals surface area contributed by atoms with Crippen LogP contribution in [0.1, 0.15) is 18.1 Å². The van der Waals surface area contributed by atoms with Crippen molar-refractivity contribution in [2.24, 2.45) is 5.73 Å². The second-order valence-corrected chi connectivity index (χ2v) is 5.16. The van der Waals surface area contributed by atoms with Gasteiger partial charge >= 0.3 is 0 Å². The van der Waals surface area contributed by atoms with Crippen molar-refractivity contribution in [1.29, 1.82) is 5.41 Å². The van der Waals surface area contributed by atoms with E-state index in [2.05, 4.69) is 16.7 Å². The number of nitrogens with two attached hydrogens (primary N) is 1. The first kappa shape index (κ1) is 14.8. The van der Waals surface area contributed by atoms with E-state index < -0.39 is 0 Å². The number of benzene rings is 1. The zero-order valence-electron chi connectivity index (χ0n) is 12.4. The molecule has 0 bridgehead atoms. The van der Waals surface area contributed by atoms with Crippen LogP contribution >= 0.6 is 0 Å². The molecule has 1 aromatic carbocycles. The van der Waals surface area contributed by atoms with Gasteiger partial charge in [-0.15, -0.1) is 0 Å². The lowest BCUT2D eigenvalue weighted by atomic mass is 10.1. The van der Waals surface area contributed by atoms with Gasteiger partial charge in [0, 0.05) is 32.7 Å². The van der Waals surface area contributed by atoms with Crippen molar-refractivity contribution in [3.8, 4) is 5.75 Å². The van der Waals surface area contributed by atoms with Crippen LogP contribution in [0.4, 0.5) is 0 Å². The Labute approximate surface area is 120 Å². The Morgan fingerprint density at radius 3 is 2.45 bits per heavy atom. The third-order valence-corrected chi connectivity index (χ3v) is 3.87. The maximum atomic E-state index is 7.53. The highest BCUT2D eigenvalue weighted by atomic mass is 16.5. The van der Waals surface area contributed by atoms with Gasteiger partial charge in [-0.3, -0.25) is 10.3 Å². The highest BCUT2D eigenvalue weighted by Crippen LogP contribution is 2.21. The van der Waals surface area contributed by atoms with E-state index in [-0.39, 0.29) is 5.84 Å². The van der Waals surface area contributed by atoms with Crippen LogP contribution in [0.25, 0.3) is 0 Å². The molecule has 0 aliphatic carbocycles. The van der Waals surface area contributed by atoms with Crippen molar-refractivity contribution in [2.75, 3.05) is 39.8 Å². The predicted octanol–water partition coefficient (Wildman–Crippen LogP) is 1.12. The Morgan fingerprint density at radius 2 is 1.90 bits per heavy atom. The fraction of sp³-hybridized carbons (Fsp3) is 0.533. The number of piperazine rings is 1. The van der Waals surface area contributed by atoms with E-state index in [4.69, 9.17) is 15.9 Å². The molecule has 1 fully saturated rings. The monoisotopic (exact) mass is 276 g/mol. The Morgan fingerprint density at radius 1 is 1.25 bits per heavy atom. The van der Waals surface area contributed by atoms with Crippen LogP contribution in [0.2, 0.25) is 0 Å². The number of methoxy groups -OCH3 is 1. The van der Waals surface area contributed by atoms with Gasteiger partial charge in [0.1, 0.15) is 11.6 Å². The first-order valence-electron chi connectivity index (χ1n) is 7.10. The molecule has 0 atom stereocenters. The zero-order chi connectivity index (χ0) is 14.5. The summed E-state index contributed by atoms with van der Waals surface area (Å²) in [6.07, 6.45) is 0. The van der Waals surface area contributed by atoms with E-state index in [9.17, 15) is 0 Å². The maximum Gasteiger partial charge on any atom is 0.130 e. The van der Waals surface area contributed by atoms with Gasteiger partial charge in [-0.1, -0.05) is 13.0 Å². The number of nitrogens with zero attached hydrogens (tertiary/aromatic N) is 2. The summed E-state index contributed by atoms with van der Waals surface area (Å²) in [5.41, 5.74) is 7.41. The molecule has 0 unspecified atom stereocenters. The van der Waals surface area contributed by atoms with E-state index in [1.54, 1.807) is 7.11 Å². The third kappa shape index (κ3) is 3.49. The number of hydrogen-bond acceptors (Lipinski definition) is 4. The normalized spacial score (nSPS) is 17.1. The molecule has 0 spiro atoms. The molecule has 3 N–H and O–H groups in total. The number of amidine groups is 1. The van der Waals surface area contributed by atoms with Crippen molar-refractivity contribution in [2.45, 2.75) is 13.5 Å². The van der Waals surface area contributed by atoms with Gasteiger partial charge in [-0.25, -0.2) is 0 Å². The van der Waals surface area contributed by atoms with Crippen molar-refractivity contribution in [1.82, 2.24) is 9.80 Å². The molecule has 20 heavy (non-hydrogen) atoms. The Kier molecular flexibility index (Phi) is 4.98. The molecule has 1 saturated heterocycles. The van der Waals surface area contributed by atoms with Gasteiger partial charge in [0.25, 0.3) is 0 Å². The Balaban J connectivity index is 2.01. The fourth-order valence-corrected chi connectivity index (χ4v) is 2.58. The molecule has 0 saturated carbocycles. The number of ether oxygens (including phenoxy) is 1. The van der Waals surface area contributed by atoms with Crippen LogP contribution in [0.15, 0.2) is 18.2 Å². The molecule has 5 nitrogen and oxygen atoms in total. The highest BCUT2D eigenvalue weighted by molar-refractivity contribution is 5.97. The summed E-state index contributed by atoms with van der Waals surface area (Å²) >= 11 is 0. The van der Waals surface area contributed by atoms with Crippen molar-refractivity contribution < 1.29 is 4.74 Å². The minimum atomic E-state index is 0.0463. The Bertz CT molecular complexity index is 467. The van der Waals surface area contributed by atoms with Crippen molar-refractivity contribution in [3.63, 3.8) is 0 Å². The van der Waals surface area contributed by atoms with Crippen LogP contribution in [-0.2, 0) is 6.54 Å². The van der Waals surface area contributed by atoms with Gasteiger partial charge in [0.15, 0.2) is 0 Å². The molecule has 1 heterocycles. The van der Waals surface area contributed by atoms with E-state index in [0.29, 0.717) is 11.3 Å². The molecule has 110 valence electrons. The standard InChI is InChI=1S/C15H24N4O/c1-3-18-6-8-19(9-7-18)11-12-4-5-13(15(16)17)14(10-12)20-2/h4-5,10H,3,6-9,11H2,1-2H3,(H3,16,17).